The maximum Gasteiger partial charge on any atom is 0.243 e. The van der Waals surface area contributed by atoms with E-state index in [1.54, 1.807) is 25.3 Å². The molecule has 1 aromatic carbocycles. The van der Waals surface area contributed by atoms with Crippen LogP contribution in [-0.2, 0) is 14.8 Å². The Morgan fingerprint density at radius 1 is 1.34 bits per heavy atom. The summed E-state index contributed by atoms with van der Waals surface area (Å²) < 4.78 is 33.5. The Morgan fingerprint density at radius 2 is 2.17 bits per heavy atom. The molecule has 1 aliphatic rings. The summed E-state index contributed by atoms with van der Waals surface area (Å²) in [5, 5.41) is 2.81. The van der Waals surface area contributed by atoms with Gasteiger partial charge in [-0.15, -0.1) is 0 Å². The molecule has 0 radical (unpaired) electrons. The first-order chi connectivity index (χ1) is 13.9. The molecule has 0 spiro atoms. The number of hydrogen-bond acceptors (Lipinski definition) is 6. The van der Waals surface area contributed by atoms with Crippen molar-refractivity contribution in [1.29, 1.82) is 0 Å². The quantitative estimate of drug-likeness (QED) is 0.726. The number of benzene rings is 1. The van der Waals surface area contributed by atoms with Crippen LogP contribution < -0.4 is 10.1 Å². The lowest BCUT2D eigenvalue weighted by Gasteiger charge is -2.24. The van der Waals surface area contributed by atoms with Crippen molar-refractivity contribution in [3.8, 4) is 11.6 Å². The third-order valence-electron chi connectivity index (χ3n) is 4.56. The minimum absolute atomic E-state index is 0.131. The number of sulfonamides is 1. The molecule has 1 fully saturated rings. The molecule has 1 N–H and O–H groups in total. The minimum atomic E-state index is -3.74. The van der Waals surface area contributed by atoms with Crippen LogP contribution in [0.2, 0.25) is 0 Å². The number of aromatic nitrogens is 2. The van der Waals surface area contributed by atoms with Crippen molar-refractivity contribution in [2.75, 3.05) is 13.1 Å². The predicted octanol–water partition coefficient (Wildman–Crippen LogP) is 2.42. The number of ether oxygens (including phenoxy) is 1. The first kappa shape index (κ1) is 20.9. The van der Waals surface area contributed by atoms with E-state index in [0.717, 1.165) is 19.3 Å². The van der Waals surface area contributed by atoms with Crippen LogP contribution in [0.4, 0.5) is 0 Å². The van der Waals surface area contributed by atoms with Crippen molar-refractivity contribution in [1.82, 2.24) is 19.6 Å². The van der Waals surface area contributed by atoms with Crippen molar-refractivity contribution in [2.24, 2.45) is 0 Å². The molecule has 154 valence electrons. The summed E-state index contributed by atoms with van der Waals surface area (Å²) in [6, 6.07) is 6.05. The van der Waals surface area contributed by atoms with E-state index >= 15 is 0 Å². The molecule has 1 atom stereocenters. The molecule has 8 nitrogen and oxygen atoms in total. The Hall–Kier alpha value is -2.78. The average Bonchev–Trinajstić information content (AvgIpc) is 2.94. The monoisotopic (exact) mass is 416 g/mol. The molecule has 1 unspecified atom stereocenters. The Balaban J connectivity index is 1.80. The fourth-order valence-corrected chi connectivity index (χ4v) is 4.72. The van der Waals surface area contributed by atoms with Crippen molar-refractivity contribution in [3.05, 3.63) is 55.0 Å². The summed E-state index contributed by atoms with van der Waals surface area (Å²) in [5.41, 5.74) is 0.698. The van der Waals surface area contributed by atoms with Gasteiger partial charge in [0.15, 0.2) is 0 Å². The van der Waals surface area contributed by atoms with Crippen LogP contribution in [0.5, 0.6) is 11.6 Å². The molecule has 3 rings (SSSR count). The van der Waals surface area contributed by atoms with E-state index in [2.05, 4.69) is 21.9 Å². The molecule has 9 heteroatoms. The third-order valence-corrected chi connectivity index (χ3v) is 6.43. The van der Waals surface area contributed by atoms with Crippen LogP contribution in [-0.4, -0.2) is 47.7 Å². The molecule has 1 saturated heterocycles. The molecule has 0 aliphatic carbocycles. The van der Waals surface area contributed by atoms with Gasteiger partial charge >= 0.3 is 0 Å². The van der Waals surface area contributed by atoms with Crippen molar-refractivity contribution >= 4 is 15.9 Å². The highest BCUT2D eigenvalue weighted by molar-refractivity contribution is 7.89. The molecule has 0 bridgehead atoms. The standard InChI is InChI=1S/C20H24N4O4S/c1-3-19(25)23-16-7-4-5-10-24(14-16)29(26,27)18-9-6-8-17(11-18)28-20-13-21-12-15(2)22-20/h3,6,8-9,11-13,16H,1,4-5,7,10,14H2,2H3,(H,23,25). The number of aryl methyl sites for hydroxylation is 1. The largest absolute Gasteiger partial charge is 0.437 e. The van der Waals surface area contributed by atoms with Gasteiger partial charge in [-0.05, 0) is 38.0 Å². The molecule has 1 amide bonds. The second-order valence-electron chi connectivity index (χ2n) is 6.84. The van der Waals surface area contributed by atoms with Gasteiger partial charge in [0.2, 0.25) is 21.8 Å². The van der Waals surface area contributed by atoms with Crippen LogP contribution in [0, 0.1) is 6.92 Å². The Morgan fingerprint density at radius 3 is 2.93 bits per heavy atom. The molecular weight excluding hydrogens is 392 g/mol. The smallest absolute Gasteiger partial charge is 0.243 e. The van der Waals surface area contributed by atoms with Gasteiger partial charge in [-0.2, -0.15) is 4.31 Å². The molecule has 0 saturated carbocycles. The number of hydrogen-bond donors (Lipinski definition) is 1. The molecule has 2 heterocycles. The van der Waals surface area contributed by atoms with Crippen molar-refractivity contribution in [2.45, 2.75) is 37.1 Å². The number of carbonyl (C=O) groups is 1. The summed E-state index contributed by atoms with van der Waals surface area (Å²) in [4.78, 5) is 20.0. The van der Waals surface area contributed by atoms with Gasteiger partial charge in [0, 0.05) is 31.4 Å². The molecule has 2 aromatic rings. The topological polar surface area (TPSA) is 101 Å². The van der Waals surface area contributed by atoms with Gasteiger partial charge in [0.1, 0.15) is 5.75 Å². The summed E-state index contributed by atoms with van der Waals surface area (Å²) >= 11 is 0. The third kappa shape index (κ3) is 5.39. The highest BCUT2D eigenvalue weighted by Gasteiger charge is 2.29. The second kappa shape index (κ2) is 9.15. The van der Waals surface area contributed by atoms with Crippen LogP contribution in [0.3, 0.4) is 0 Å². The van der Waals surface area contributed by atoms with Crippen molar-refractivity contribution in [3.63, 3.8) is 0 Å². The minimum Gasteiger partial charge on any atom is -0.437 e. The lowest BCUT2D eigenvalue weighted by Crippen LogP contribution is -2.44. The number of amides is 1. The first-order valence-corrected chi connectivity index (χ1v) is 10.8. The van der Waals surface area contributed by atoms with Crippen LogP contribution in [0.25, 0.3) is 0 Å². The normalized spacial score (nSPS) is 17.9. The maximum absolute atomic E-state index is 13.2. The van der Waals surface area contributed by atoms with Gasteiger partial charge in [0.25, 0.3) is 0 Å². The van der Waals surface area contributed by atoms with E-state index in [9.17, 15) is 13.2 Å². The van der Waals surface area contributed by atoms with Gasteiger partial charge in [-0.3, -0.25) is 9.78 Å². The van der Waals surface area contributed by atoms with E-state index < -0.39 is 10.0 Å². The molecule has 29 heavy (non-hydrogen) atoms. The predicted molar refractivity (Wildman–Crippen MR) is 108 cm³/mol. The summed E-state index contributed by atoms with van der Waals surface area (Å²) in [5.74, 6) is 0.350. The zero-order chi connectivity index (χ0) is 20.9. The van der Waals surface area contributed by atoms with E-state index in [4.69, 9.17) is 4.74 Å². The summed E-state index contributed by atoms with van der Waals surface area (Å²) in [6.45, 7) is 5.86. The summed E-state index contributed by atoms with van der Waals surface area (Å²) in [7, 11) is -3.74. The zero-order valence-corrected chi connectivity index (χ0v) is 17.1. The first-order valence-electron chi connectivity index (χ1n) is 9.38. The lowest BCUT2D eigenvalue weighted by atomic mass is 10.1. The number of nitrogens with zero attached hydrogens (tertiary/aromatic N) is 3. The zero-order valence-electron chi connectivity index (χ0n) is 16.2. The number of nitrogens with one attached hydrogen (secondary N) is 1. The lowest BCUT2D eigenvalue weighted by molar-refractivity contribution is -0.117. The van der Waals surface area contributed by atoms with Crippen molar-refractivity contribution < 1.29 is 17.9 Å². The fourth-order valence-electron chi connectivity index (χ4n) is 3.16. The van der Waals surface area contributed by atoms with Crippen LogP contribution in [0.1, 0.15) is 25.0 Å². The number of rotatable bonds is 6. The molecular formula is C20H24N4O4S. The van der Waals surface area contributed by atoms with Gasteiger partial charge < -0.3 is 10.1 Å². The summed E-state index contributed by atoms with van der Waals surface area (Å²) in [6.07, 6.45) is 6.56. The van der Waals surface area contributed by atoms with E-state index in [0.29, 0.717) is 23.9 Å². The Bertz CT molecular complexity index is 993. The maximum atomic E-state index is 13.2. The van der Waals surface area contributed by atoms with Crippen LogP contribution >= 0.6 is 0 Å². The molecule has 1 aromatic heterocycles. The second-order valence-corrected chi connectivity index (χ2v) is 8.78. The average molecular weight is 417 g/mol. The van der Waals surface area contributed by atoms with Gasteiger partial charge in [-0.1, -0.05) is 19.1 Å². The van der Waals surface area contributed by atoms with Gasteiger partial charge in [0.05, 0.1) is 16.8 Å². The van der Waals surface area contributed by atoms with E-state index in [1.807, 2.05) is 0 Å². The van der Waals surface area contributed by atoms with Crippen LogP contribution in [0.15, 0.2) is 54.2 Å². The highest BCUT2D eigenvalue weighted by Crippen LogP contribution is 2.26. The SMILES string of the molecule is C=CC(=O)NC1CCCCN(S(=O)(=O)c2cccc(Oc3cncc(C)n3)c2)C1. The Kier molecular flexibility index (Phi) is 6.60. The highest BCUT2D eigenvalue weighted by atomic mass is 32.2. The van der Waals surface area contributed by atoms with Gasteiger partial charge in [-0.25, -0.2) is 13.4 Å². The van der Waals surface area contributed by atoms with E-state index in [1.165, 1.54) is 28.7 Å². The van der Waals surface area contributed by atoms with E-state index in [-0.39, 0.29) is 23.4 Å². The molecule has 1 aliphatic heterocycles. The number of carbonyl (C=O) groups excluding carboxylic acids is 1. The Labute approximate surface area is 170 Å². The fraction of sp³-hybridized carbons (Fsp3) is 0.350.